The van der Waals surface area contributed by atoms with E-state index in [0.29, 0.717) is 6.54 Å². The van der Waals surface area contributed by atoms with Gasteiger partial charge < -0.3 is 10.6 Å². The van der Waals surface area contributed by atoms with E-state index in [-0.39, 0.29) is 0 Å². The highest BCUT2D eigenvalue weighted by Gasteiger charge is 2.01. The molecule has 0 saturated heterocycles. The van der Waals surface area contributed by atoms with Gasteiger partial charge in [-0.3, -0.25) is 0 Å². The molecule has 0 spiro atoms. The Labute approximate surface area is 125 Å². The van der Waals surface area contributed by atoms with E-state index in [4.69, 9.17) is 5.73 Å². The van der Waals surface area contributed by atoms with Gasteiger partial charge in [0.1, 0.15) is 0 Å². The summed E-state index contributed by atoms with van der Waals surface area (Å²) in [6.45, 7) is 9.78. The zero-order valence-corrected chi connectivity index (χ0v) is 13.5. The van der Waals surface area contributed by atoms with Crippen LogP contribution in [0, 0.1) is 0 Å². The lowest BCUT2D eigenvalue weighted by molar-refractivity contribution is 0.454. The zero-order valence-electron chi connectivity index (χ0n) is 13.5. The van der Waals surface area contributed by atoms with Gasteiger partial charge in [0.2, 0.25) is 0 Å². The van der Waals surface area contributed by atoms with E-state index in [9.17, 15) is 0 Å². The van der Waals surface area contributed by atoms with E-state index in [1.165, 1.54) is 5.70 Å². The van der Waals surface area contributed by atoms with Crippen molar-refractivity contribution in [1.29, 1.82) is 0 Å². The second-order valence-corrected chi connectivity index (χ2v) is 4.36. The average Bonchev–Trinajstić information content (AvgIpc) is 2.51. The molecule has 2 N–H and O–H groups in total. The molecule has 0 aromatic rings. The van der Waals surface area contributed by atoms with Gasteiger partial charge in [-0.25, -0.2) is 0 Å². The SMILES string of the molecule is C/C=C\C=C(/C)N1/C=C/C(CN)=C\C=C\CCC1.CC. The van der Waals surface area contributed by atoms with Crippen LogP contribution < -0.4 is 5.73 Å². The van der Waals surface area contributed by atoms with E-state index in [1.807, 2.05) is 26.8 Å². The highest BCUT2D eigenvalue weighted by molar-refractivity contribution is 5.26. The Balaban J connectivity index is 0.00000172. The summed E-state index contributed by atoms with van der Waals surface area (Å²) in [6, 6.07) is 0. The van der Waals surface area contributed by atoms with Gasteiger partial charge in [-0.1, -0.05) is 44.2 Å². The van der Waals surface area contributed by atoms with E-state index in [2.05, 4.69) is 54.5 Å². The second kappa shape index (κ2) is 12.5. The van der Waals surface area contributed by atoms with Crippen LogP contribution in [0.4, 0.5) is 0 Å². The third kappa shape index (κ3) is 7.80. The molecule has 112 valence electrons. The Morgan fingerprint density at radius 3 is 2.80 bits per heavy atom. The smallest absolute Gasteiger partial charge is 0.0225 e. The van der Waals surface area contributed by atoms with E-state index in [1.54, 1.807) is 0 Å². The molecule has 1 aliphatic rings. The van der Waals surface area contributed by atoms with Crippen molar-refractivity contribution < 1.29 is 0 Å². The number of allylic oxidation sites excluding steroid dienone is 7. The number of hydrogen-bond acceptors (Lipinski definition) is 2. The van der Waals surface area contributed by atoms with Crippen LogP contribution in [0.2, 0.25) is 0 Å². The molecule has 0 fully saturated rings. The maximum atomic E-state index is 5.72. The summed E-state index contributed by atoms with van der Waals surface area (Å²) in [6.07, 6.45) is 19.1. The Bertz CT molecular complexity index is 384. The molecule has 0 radical (unpaired) electrons. The lowest BCUT2D eigenvalue weighted by Gasteiger charge is -2.21. The molecule has 1 heterocycles. The van der Waals surface area contributed by atoms with Gasteiger partial charge in [-0.2, -0.15) is 0 Å². The van der Waals surface area contributed by atoms with Gasteiger partial charge in [0.15, 0.2) is 0 Å². The minimum atomic E-state index is 0.576. The van der Waals surface area contributed by atoms with Crippen molar-refractivity contribution >= 4 is 0 Å². The molecular formula is C18H30N2. The quantitative estimate of drug-likeness (QED) is 0.765. The average molecular weight is 274 g/mol. The lowest BCUT2D eigenvalue weighted by atomic mass is 10.2. The minimum Gasteiger partial charge on any atom is -0.352 e. The van der Waals surface area contributed by atoms with Gasteiger partial charge in [0, 0.05) is 25.0 Å². The summed E-state index contributed by atoms with van der Waals surface area (Å²) < 4.78 is 0. The third-order valence-corrected chi connectivity index (χ3v) is 2.90. The second-order valence-electron chi connectivity index (χ2n) is 4.36. The minimum absolute atomic E-state index is 0.576. The number of rotatable bonds is 3. The molecule has 0 aliphatic carbocycles. The molecule has 0 amide bonds. The van der Waals surface area contributed by atoms with Crippen LogP contribution in [0.1, 0.15) is 40.5 Å². The molecule has 20 heavy (non-hydrogen) atoms. The summed E-state index contributed by atoms with van der Waals surface area (Å²) in [5.41, 5.74) is 8.12. The Kier molecular flexibility index (Phi) is 11.5. The molecule has 0 unspecified atom stereocenters. The van der Waals surface area contributed by atoms with Crippen molar-refractivity contribution in [3.63, 3.8) is 0 Å². The number of nitrogens with two attached hydrogens (primary N) is 1. The number of hydrogen-bond donors (Lipinski definition) is 1. The van der Waals surface area contributed by atoms with Crippen molar-refractivity contribution in [2.45, 2.75) is 40.5 Å². The summed E-state index contributed by atoms with van der Waals surface area (Å²) in [4.78, 5) is 2.28. The van der Waals surface area contributed by atoms with Crippen molar-refractivity contribution in [1.82, 2.24) is 4.90 Å². The molecule has 2 heteroatoms. The highest BCUT2D eigenvalue weighted by Crippen LogP contribution is 2.10. The molecule has 0 saturated carbocycles. The van der Waals surface area contributed by atoms with Crippen LogP contribution in [0.15, 0.2) is 60.0 Å². The Morgan fingerprint density at radius 1 is 1.40 bits per heavy atom. The molecule has 0 aromatic carbocycles. The Morgan fingerprint density at radius 2 is 2.15 bits per heavy atom. The van der Waals surface area contributed by atoms with Crippen LogP contribution in [0.25, 0.3) is 0 Å². The highest BCUT2D eigenvalue weighted by atomic mass is 15.1. The van der Waals surface area contributed by atoms with E-state index < -0.39 is 0 Å². The monoisotopic (exact) mass is 274 g/mol. The van der Waals surface area contributed by atoms with Crippen LogP contribution in [0.5, 0.6) is 0 Å². The Hall–Kier alpha value is -1.54. The van der Waals surface area contributed by atoms with Crippen molar-refractivity contribution in [2.75, 3.05) is 13.1 Å². The first-order chi connectivity index (χ1) is 9.77. The van der Waals surface area contributed by atoms with Crippen molar-refractivity contribution in [3.05, 3.63) is 60.0 Å². The predicted molar refractivity (Wildman–Crippen MR) is 91.3 cm³/mol. The van der Waals surface area contributed by atoms with Crippen molar-refractivity contribution in [3.8, 4) is 0 Å². The standard InChI is InChI=1S/C16H24N2.C2H6/c1-3-4-9-15(2)18-12-8-6-5-7-10-16(14-17)11-13-18;1-2/h3-5,7,9-11,13H,6,8,12,14,17H2,1-2H3;1-2H3/b4-3-,7-5+,13-11+,15-9+,16-10+;. The van der Waals surface area contributed by atoms with Crippen LogP contribution >= 0.6 is 0 Å². The largest absolute Gasteiger partial charge is 0.352 e. The van der Waals surface area contributed by atoms with Crippen LogP contribution in [0.3, 0.4) is 0 Å². The van der Waals surface area contributed by atoms with E-state index >= 15 is 0 Å². The summed E-state index contributed by atoms with van der Waals surface area (Å²) >= 11 is 0. The predicted octanol–water partition coefficient (Wildman–Crippen LogP) is 4.54. The lowest BCUT2D eigenvalue weighted by Crippen LogP contribution is -2.17. The van der Waals surface area contributed by atoms with Gasteiger partial charge in [0.05, 0.1) is 0 Å². The van der Waals surface area contributed by atoms with Crippen LogP contribution in [-0.2, 0) is 0 Å². The van der Waals surface area contributed by atoms with Gasteiger partial charge in [-0.05, 0) is 44.4 Å². The molecule has 1 aliphatic heterocycles. The van der Waals surface area contributed by atoms with Gasteiger partial charge in [-0.15, -0.1) is 0 Å². The van der Waals surface area contributed by atoms with Crippen LogP contribution in [-0.4, -0.2) is 18.0 Å². The zero-order chi connectivity index (χ0) is 15.2. The molecule has 2 nitrogen and oxygen atoms in total. The molecular weight excluding hydrogens is 244 g/mol. The first kappa shape index (κ1) is 18.5. The fourth-order valence-electron chi connectivity index (χ4n) is 1.74. The topological polar surface area (TPSA) is 29.3 Å². The fourth-order valence-corrected chi connectivity index (χ4v) is 1.74. The van der Waals surface area contributed by atoms with Gasteiger partial charge >= 0.3 is 0 Å². The van der Waals surface area contributed by atoms with Crippen molar-refractivity contribution in [2.24, 2.45) is 5.73 Å². The summed E-state index contributed by atoms with van der Waals surface area (Å²) in [5, 5.41) is 0. The maximum Gasteiger partial charge on any atom is 0.0225 e. The van der Waals surface area contributed by atoms with E-state index in [0.717, 1.165) is 25.0 Å². The maximum absolute atomic E-state index is 5.72. The molecule has 0 atom stereocenters. The summed E-state index contributed by atoms with van der Waals surface area (Å²) in [5.74, 6) is 0. The number of nitrogens with zero attached hydrogens (tertiary/aromatic N) is 1. The molecule has 0 aromatic heterocycles. The molecule has 0 bridgehead atoms. The van der Waals surface area contributed by atoms with Gasteiger partial charge in [0.25, 0.3) is 0 Å². The normalized spacial score (nSPS) is 22.6. The third-order valence-electron chi connectivity index (χ3n) is 2.90. The summed E-state index contributed by atoms with van der Waals surface area (Å²) in [7, 11) is 0. The first-order valence-corrected chi connectivity index (χ1v) is 7.58. The fraction of sp³-hybridized carbons (Fsp3) is 0.444. The first-order valence-electron chi connectivity index (χ1n) is 7.58. The molecule has 1 rings (SSSR count).